The van der Waals surface area contributed by atoms with Gasteiger partial charge in [0.15, 0.2) is 0 Å². The van der Waals surface area contributed by atoms with E-state index in [1.807, 2.05) is 13.2 Å². The second-order valence-electron chi connectivity index (χ2n) is 6.78. The van der Waals surface area contributed by atoms with Gasteiger partial charge in [0.05, 0.1) is 25.9 Å². The lowest BCUT2D eigenvalue weighted by molar-refractivity contribution is -0.186. The maximum atomic E-state index is 6.19. The van der Waals surface area contributed by atoms with Gasteiger partial charge in [0, 0.05) is 39.4 Å². The molecule has 0 radical (unpaired) electrons. The van der Waals surface area contributed by atoms with E-state index in [-0.39, 0.29) is 11.7 Å². The van der Waals surface area contributed by atoms with Crippen LogP contribution in [-0.2, 0) is 16.0 Å². The number of ether oxygens (including phenoxy) is 4. The number of methoxy groups -OCH3 is 3. The number of hydrogen-bond donors (Lipinski definition) is 0. The van der Waals surface area contributed by atoms with Crippen molar-refractivity contribution in [3.8, 4) is 11.5 Å². The maximum absolute atomic E-state index is 6.19. The van der Waals surface area contributed by atoms with E-state index in [1.165, 1.54) is 5.56 Å². The Morgan fingerprint density at radius 1 is 1.08 bits per heavy atom. The summed E-state index contributed by atoms with van der Waals surface area (Å²) >= 11 is 0. The van der Waals surface area contributed by atoms with Crippen LogP contribution in [0.15, 0.2) is 18.2 Å². The van der Waals surface area contributed by atoms with E-state index in [0.29, 0.717) is 0 Å². The summed E-state index contributed by atoms with van der Waals surface area (Å²) in [6.45, 7) is 3.83. The molecule has 1 atom stereocenters. The number of hydrogen-bond acceptors (Lipinski definition) is 5. The van der Waals surface area contributed by atoms with E-state index in [4.69, 9.17) is 18.9 Å². The molecular weight excluding hydrogens is 306 g/mol. The summed E-state index contributed by atoms with van der Waals surface area (Å²) in [5, 5.41) is 0. The Kier molecular flexibility index (Phi) is 5.64. The van der Waals surface area contributed by atoms with Crippen LogP contribution in [0, 0.1) is 0 Å². The molecule has 0 unspecified atom stereocenters. The molecule has 3 rings (SSSR count). The monoisotopic (exact) mass is 335 g/mol. The molecule has 0 aliphatic carbocycles. The number of likely N-dealkylation sites (tertiary alicyclic amines) is 1. The van der Waals surface area contributed by atoms with Gasteiger partial charge in [-0.15, -0.1) is 0 Å². The van der Waals surface area contributed by atoms with E-state index in [2.05, 4.69) is 17.0 Å². The minimum absolute atomic E-state index is 0.0738. The average molecular weight is 335 g/mol. The van der Waals surface area contributed by atoms with E-state index in [9.17, 15) is 0 Å². The predicted octanol–water partition coefficient (Wildman–Crippen LogP) is 2.86. The van der Waals surface area contributed by atoms with E-state index in [0.717, 1.165) is 63.4 Å². The summed E-state index contributed by atoms with van der Waals surface area (Å²) in [7, 11) is 5.19. The third-order valence-electron chi connectivity index (χ3n) is 5.39. The van der Waals surface area contributed by atoms with Crippen molar-refractivity contribution in [2.75, 3.05) is 41.0 Å². The second kappa shape index (κ2) is 7.72. The highest BCUT2D eigenvalue weighted by Gasteiger charge is 2.44. The smallest absolute Gasteiger partial charge is 0.122 e. The maximum Gasteiger partial charge on any atom is 0.122 e. The van der Waals surface area contributed by atoms with Crippen molar-refractivity contribution in [2.45, 2.75) is 43.9 Å². The van der Waals surface area contributed by atoms with Crippen LogP contribution in [0.1, 0.15) is 31.2 Å². The molecule has 2 fully saturated rings. The summed E-state index contributed by atoms with van der Waals surface area (Å²) in [5.41, 5.74) is 1.14. The van der Waals surface area contributed by atoms with Crippen molar-refractivity contribution in [1.82, 2.24) is 4.90 Å². The summed E-state index contributed by atoms with van der Waals surface area (Å²) in [4.78, 5) is 2.48. The number of piperidine rings is 1. The van der Waals surface area contributed by atoms with Crippen molar-refractivity contribution in [1.29, 1.82) is 0 Å². The fourth-order valence-electron chi connectivity index (χ4n) is 4.00. The molecule has 5 nitrogen and oxygen atoms in total. The van der Waals surface area contributed by atoms with Crippen LogP contribution < -0.4 is 9.47 Å². The van der Waals surface area contributed by atoms with Gasteiger partial charge in [0.2, 0.25) is 0 Å². The zero-order chi connectivity index (χ0) is 17.0. The van der Waals surface area contributed by atoms with Crippen LogP contribution in [0.3, 0.4) is 0 Å². The van der Waals surface area contributed by atoms with Gasteiger partial charge in [0.1, 0.15) is 11.5 Å². The first-order chi connectivity index (χ1) is 11.7. The molecule has 1 aromatic rings. The van der Waals surface area contributed by atoms with Crippen molar-refractivity contribution >= 4 is 0 Å². The van der Waals surface area contributed by atoms with Gasteiger partial charge in [-0.3, -0.25) is 4.90 Å². The molecule has 2 aliphatic rings. The first-order valence-electron chi connectivity index (χ1n) is 8.80. The number of rotatable bonds is 5. The van der Waals surface area contributed by atoms with Crippen LogP contribution in [-0.4, -0.2) is 57.6 Å². The first kappa shape index (κ1) is 17.5. The van der Waals surface area contributed by atoms with Crippen LogP contribution in [0.5, 0.6) is 11.5 Å². The molecule has 0 N–H and O–H groups in total. The molecule has 0 aromatic heterocycles. The summed E-state index contributed by atoms with van der Waals surface area (Å²) in [5.74, 6) is 1.68. The molecule has 2 heterocycles. The first-order valence-corrected chi connectivity index (χ1v) is 8.80. The molecule has 134 valence electrons. The van der Waals surface area contributed by atoms with E-state index >= 15 is 0 Å². The largest absolute Gasteiger partial charge is 0.497 e. The van der Waals surface area contributed by atoms with Gasteiger partial charge in [-0.25, -0.2) is 0 Å². The lowest BCUT2D eigenvalue weighted by atomic mass is 9.81. The van der Waals surface area contributed by atoms with Crippen molar-refractivity contribution < 1.29 is 18.9 Å². The molecule has 2 aliphatic heterocycles. The Labute approximate surface area is 144 Å². The lowest BCUT2D eigenvalue weighted by Gasteiger charge is -2.48. The Bertz CT molecular complexity index is 518. The van der Waals surface area contributed by atoms with Crippen molar-refractivity contribution in [3.63, 3.8) is 0 Å². The van der Waals surface area contributed by atoms with Gasteiger partial charge in [-0.05, 0) is 43.4 Å². The Balaban J connectivity index is 1.63. The van der Waals surface area contributed by atoms with E-state index in [1.54, 1.807) is 14.2 Å². The number of nitrogens with zero attached hydrogens (tertiary/aromatic N) is 1. The fourth-order valence-corrected chi connectivity index (χ4v) is 4.00. The number of benzene rings is 1. The van der Waals surface area contributed by atoms with Gasteiger partial charge >= 0.3 is 0 Å². The summed E-state index contributed by atoms with van der Waals surface area (Å²) in [6, 6.07) is 6.08. The standard InChI is InChI=1S/C19H29NO4/c1-21-16-11-15(12-17(13-16)22-2)14-20-8-6-19(7-9-20)18(23-3)5-4-10-24-19/h11-13,18H,4-10,14H2,1-3H3/t18-/m1/s1. The third-order valence-corrected chi connectivity index (χ3v) is 5.39. The molecule has 1 spiro atoms. The Morgan fingerprint density at radius 2 is 1.75 bits per heavy atom. The quantitative estimate of drug-likeness (QED) is 0.827. The topological polar surface area (TPSA) is 40.2 Å². The molecule has 0 amide bonds. The highest BCUT2D eigenvalue weighted by molar-refractivity contribution is 5.38. The van der Waals surface area contributed by atoms with Crippen LogP contribution in [0.2, 0.25) is 0 Å². The van der Waals surface area contributed by atoms with Gasteiger partial charge in [0.25, 0.3) is 0 Å². The van der Waals surface area contributed by atoms with Crippen LogP contribution in [0.4, 0.5) is 0 Å². The Morgan fingerprint density at radius 3 is 2.33 bits per heavy atom. The van der Waals surface area contributed by atoms with Gasteiger partial charge < -0.3 is 18.9 Å². The van der Waals surface area contributed by atoms with Crippen molar-refractivity contribution in [3.05, 3.63) is 23.8 Å². The Hall–Kier alpha value is -1.30. The molecule has 0 bridgehead atoms. The molecular formula is C19H29NO4. The third kappa shape index (κ3) is 3.68. The zero-order valence-electron chi connectivity index (χ0n) is 15.0. The van der Waals surface area contributed by atoms with Gasteiger partial charge in [-0.1, -0.05) is 0 Å². The molecule has 5 heteroatoms. The van der Waals surface area contributed by atoms with Crippen molar-refractivity contribution in [2.24, 2.45) is 0 Å². The lowest BCUT2D eigenvalue weighted by Crippen LogP contribution is -2.55. The predicted molar refractivity (Wildman–Crippen MR) is 92.8 cm³/mol. The average Bonchev–Trinajstić information content (AvgIpc) is 2.63. The molecule has 0 saturated carbocycles. The summed E-state index contributed by atoms with van der Waals surface area (Å²) < 4.78 is 22.7. The zero-order valence-corrected chi connectivity index (χ0v) is 15.0. The molecule has 1 aromatic carbocycles. The molecule has 2 saturated heterocycles. The minimum atomic E-state index is -0.0738. The normalized spacial score (nSPS) is 24.0. The van der Waals surface area contributed by atoms with Crippen LogP contribution >= 0.6 is 0 Å². The highest BCUT2D eigenvalue weighted by Crippen LogP contribution is 2.37. The second-order valence-corrected chi connectivity index (χ2v) is 6.78. The highest BCUT2D eigenvalue weighted by atomic mass is 16.5. The van der Waals surface area contributed by atoms with Crippen LogP contribution in [0.25, 0.3) is 0 Å². The SMILES string of the molecule is COc1cc(CN2CCC3(CC2)OCCC[C@H]3OC)cc(OC)c1. The minimum Gasteiger partial charge on any atom is -0.497 e. The summed E-state index contributed by atoms with van der Waals surface area (Å²) in [6.07, 6.45) is 4.53. The molecule has 24 heavy (non-hydrogen) atoms. The van der Waals surface area contributed by atoms with E-state index < -0.39 is 0 Å². The fraction of sp³-hybridized carbons (Fsp3) is 0.684. The van der Waals surface area contributed by atoms with Gasteiger partial charge in [-0.2, -0.15) is 0 Å².